The van der Waals surface area contributed by atoms with E-state index in [-0.39, 0.29) is 13.0 Å². The van der Waals surface area contributed by atoms with Crippen molar-refractivity contribution in [2.24, 2.45) is 0 Å². The molecule has 1 unspecified atom stereocenters. The number of rotatable bonds is 4. The Morgan fingerprint density at radius 3 is 2.44 bits per heavy atom. The summed E-state index contributed by atoms with van der Waals surface area (Å²) in [5.41, 5.74) is -0.619. The van der Waals surface area contributed by atoms with E-state index in [9.17, 15) is 9.90 Å². The van der Waals surface area contributed by atoms with Gasteiger partial charge in [-0.1, -0.05) is 29.3 Å². The van der Waals surface area contributed by atoms with Crippen molar-refractivity contribution in [1.82, 2.24) is 0 Å². The van der Waals surface area contributed by atoms with Crippen molar-refractivity contribution >= 4 is 29.2 Å². The number of aliphatic hydroxyl groups excluding tert-OH is 1. The molecule has 0 saturated heterocycles. The van der Waals surface area contributed by atoms with Crippen LogP contribution in [0.5, 0.6) is 0 Å². The molecule has 0 aliphatic heterocycles. The fourth-order valence-electron chi connectivity index (χ4n) is 1.44. The summed E-state index contributed by atoms with van der Waals surface area (Å²) >= 11 is 11.6. The third kappa shape index (κ3) is 2.48. The first-order valence-electron chi connectivity index (χ1n) is 4.71. The molecule has 0 aliphatic carbocycles. The van der Waals surface area contributed by atoms with Crippen LogP contribution in [0, 0.1) is 0 Å². The predicted octanol–water partition coefficient (Wildman–Crippen LogP) is 2.72. The average molecular weight is 263 g/mol. The summed E-state index contributed by atoms with van der Waals surface area (Å²) in [5.74, 6) is -1.00. The van der Waals surface area contributed by atoms with Crippen molar-refractivity contribution in [2.75, 3.05) is 6.61 Å². The van der Waals surface area contributed by atoms with Gasteiger partial charge < -0.3 is 10.2 Å². The molecule has 0 radical (unpaired) electrons. The van der Waals surface area contributed by atoms with E-state index in [1.165, 1.54) is 6.07 Å². The van der Waals surface area contributed by atoms with Gasteiger partial charge >= 0.3 is 5.97 Å². The van der Waals surface area contributed by atoms with Crippen molar-refractivity contribution < 1.29 is 15.0 Å². The normalized spacial score (nSPS) is 14.5. The van der Waals surface area contributed by atoms with Gasteiger partial charge in [-0.15, -0.1) is 0 Å². The number of benzene rings is 1. The van der Waals surface area contributed by atoms with E-state index in [1.807, 2.05) is 0 Å². The van der Waals surface area contributed by atoms with Crippen LogP contribution in [-0.4, -0.2) is 22.8 Å². The summed E-state index contributed by atoms with van der Waals surface area (Å²) in [6.45, 7) is 1.34. The van der Waals surface area contributed by atoms with Crippen LogP contribution in [0.3, 0.4) is 0 Å². The van der Waals surface area contributed by atoms with E-state index in [0.29, 0.717) is 15.6 Å². The number of halogens is 2. The maximum Gasteiger partial charge on any atom is 0.313 e. The van der Waals surface area contributed by atoms with Crippen LogP contribution in [0.4, 0.5) is 0 Å². The second kappa shape index (κ2) is 5.04. The van der Waals surface area contributed by atoms with Gasteiger partial charge in [0, 0.05) is 6.61 Å². The second-order valence-corrected chi connectivity index (χ2v) is 4.55. The molecule has 0 saturated carbocycles. The van der Waals surface area contributed by atoms with Crippen molar-refractivity contribution in [3.05, 3.63) is 33.8 Å². The van der Waals surface area contributed by atoms with Crippen molar-refractivity contribution in [1.29, 1.82) is 0 Å². The lowest BCUT2D eigenvalue weighted by Crippen LogP contribution is -2.33. The molecule has 5 heteroatoms. The topological polar surface area (TPSA) is 57.5 Å². The summed E-state index contributed by atoms with van der Waals surface area (Å²) in [5, 5.41) is 18.8. The average Bonchev–Trinajstić information content (AvgIpc) is 2.22. The molecule has 1 aromatic carbocycles. The van der Waals surface area contributed by atoms with Crippen molar-refractivity contribution in [2.45, 2.75) is 18.8 Å². The van der Waals surface area contributed by atoms with Crippen LogP contribution < -0.4 is 0 Å². The Bertz CT molecular complexity index is 406. The lowest BCUT2D eigenvalue weighted by atomic mass is 9.80. The molecule has 1 aromatic rings. The van der Waals surface area contributed by atoms with E-state index >= 15 is 0 Å². The van der Waals surface area contributed by atoms with Gasteiger partial charge in [-0.25, -0.2) is 0 Å². The molecule has 0 fully saturated rings. The lowest BCUT2D eigenvalue weighted by molar-refractivity contribution is -0.143. The number of carbonyl (C=O) groups is 1. The number of carboxylic acid groups (broad SMARTS) is 1. The molecule has 0 bridgehead atoms. The van der Waals surface area contributed by atoms with Gasteiger partial charge in [0.2, 0.25) is 0 Å². The molecular weight excluding hydrogens is 251 g/mol. The first-order valence-corrected chi connectivity index (χ1v) is 5.47. The largest absolute Gasteiger partial charge is 0.481 e. The zero-order valence-electron chi connectivity index (χ0n) is 8.70. The Balaban J connectivity index is 3.21. The Morgan fingerprint density at radius 2 is 2.00 bits per heavy atom. The lowest BCUT2D eigenvalue weighted by Gasteiger charge is -2.24. The minimum absolute atomic E-state index is 0.125. The minimum Gasteiger partial charge on any atom is -0.481 e. The molecule has 0 heterocycles. The molecule has 1 rings (SSSR count). The number of aliphatic carboxylic acids is 1. The maximum absolute atomic E-state index is 11.2. The van der Waals surface area contributed by atoms with Crippen LogP contribution in [0.15, 0.2) is 18.2 Å². The van der Waals surface area contributed by atoms with Crippen LogP contribution in [0.25, 0.3) is 0 Å². The van der Waals surface area contributed by atoms with Gasteiger partial charge in [0.25, 0.3) is 0 Å². The van der Waals surface area contributed by atoms with E-state index in [4.69, 9.17) is 28.3 Å². The highest BCUT2D eigenvalue weighted by molar-refractivity contribution is 6.42. The van der Waals surface area contributed by atoms with E-state index in [0.717, 1.165) is 0 Å². The fourth-order valence-corrected chi connectivity index (χ4v) is 1.74. The highest BCUT2D eigenvalue weighted by atomic mass is 35.5. The predicted molar refractivity (Wildman–Crippen MR) is 63.2 cm³/mol. The zero-order valence-corrected chi connectivity index (χ0v) is 10.2. The Labute approximate surface area is 104 Å². The summed E-state index contributed by atoms with van der Waals surface area (Å²) < 4.78 is 0. The molecule has 0 aromatic heterocycles. The molecule has 88 valence electrons. The first kappa shape index (κ1) is 13.3. The summed E-state index contributed by atoms with van der Waals surface area (Å²) in [7, 11) is 0. The van der Waals surface area contributed by atoms with Crippen LogP contribution in [0.1, 0.15) is 18.9 Å². The maximum atomic E-state index is 11.2. The quantitative estimate of drug-likeness (QED) is 0.878. The van der Waals surface area contributed by atoms with E-state index in [1.54, 1.807) is 19.1 Å². The van der Waals surface area contributed by atoms with Gasteiger partial charge in [0.15, 0.2) is 0 Å². The monoisotopic (exact) mass is 262 g/mol. The van der Waals surface area contributed by atoms with Crippen LogP contribution in [0.2, 0.25) is 10.0 Å². The highest BCUT2D eigenvalue weighted by Crippen LogP contribution is 2.32. The second-order valence-electron chi connectivity index (χ2n) is 3.74. The van der Waals surface area contributed by atoms with E-state index < -0.39 is 11.4 Å². The molecule has 0 spiro atoms. The number of hydrogen-bond donors (Lipinski definition) is 2. The molecule has 3 nitrogen and oxygen atoms in total. The van der Waals surface area contributed by atoms with Gasteiger partial charge in [-0.3, -0.25) is 4.79 Å². The van der Waals surface area contributed by atoms with Crippen molar-refractivity contribution in [3.63, 3.8) is 0 Å². The van der Waals surface area contributed by atoms with Gasteiger partial charge in [-0.2, -0.15) is 0 Å². The summed E-state index contributed by atoms with van der Waals surface area (Å²) in [6, 6.07) is 4.68. The van der Waals surface area contributed by atoms with Crippen LogP contribution in [-0.2, 0) is 10.2 Å². The van der Waals surface area contributed by atoms with Gasteiger partial charge in [0.05, 0.1) is 15.5 Å². The zero-order chi connectivity index (χ0) is 12.3. The first-order chi connectivity index (χ1) is 7.41. The highest BCUT2D eigenvalue weighted by Gasteiger charge is 2.34. The number of hydrogen-bond acceptors (Lipinski definition) is 2. The standard InChI is InChI=1S/C11H12Cl2O3/c1-11(4-5-14,10(15)16)7-2-3-8(12)9(13)6-7/h2-3,6,14H,4-5H2,1H3,(H,15,16). The van der Waals surface area contributed by atoms with Gasteiger partial charge in [0.1, 0.15) is 0 Å². The third-order valence-electron chi connectivity index (χ3n) is 2.64. The Morgan fingerprint density at radius 1 is 1.38 bits per heavy atom. The molecular formula is C11H12Cl2O3. The number of aliphatic hydroxyl groups is 1. The van der Waals surface area contributed by atoms with Gasteiger partial charge in [-0.05, 0) is 31.0 Å². The fraction of sp³-hybridized carbons (Fsp3) is 0.364. The van der Waals surface area contributed by atoms with E-state index in [2.05, 4.69) is 0 Å². The Hall–Kier alpha value is -0.770. The van der Waals surface area contributed by atoms with Crippen molar-refractivity contribution in [3.8, 4) is 0 Å². The SMILES string of the molecule is CC(CCO)(C(=O)O)c1ccc(Cl)c(Cl)c1. The Kier molecular flexibility index (Phi) is 4.19. The molecule has 0 aliphatic rings. The molecule has 1 atom stereocenters. The molecule has 2 N–H and O–H groups in total. The molecule has 0 amide bonds. The summed E-state index contributed by atoms with van der Waals surface area (Å²) in [4.78, 5) is 11.2. The third-order valence-corrected chi connectivity index (χ3v) is 3.38. The smallest absolute Gasteiger partial charge is 0.313 e. The van der Waals surface area contributed by atoms with Crippen LogP contribution >= 0.6 is 23.2 Å². The molecule has 16 heavy (non-hydrogen) atoms. The number of carboxylic acids is 1. The minimum atomic E-state index is -1.15. The summed E-state index contributed by atoms with van der Waals surface area (Å²) in [6.07, 6.45) is 0.125.